The first-order valence-electron chi connectivity index (χ1n) is 10.8. The van der Waals surface area contributed by atoms with E-state index in [2.05, 4.69) is 4.99 Å². The fourth-order valence-corrected chi connectivity index (χ4v) is 5.29. The molecule has 0 saturated carbocycles. The van der Waals surface area contributed by atoms with Crippen LogP contribution in [0.5, 0.6) is 5.75 Å². The average molecular weight is 480 g/mol. The Hall–Kier alpha value is -2.33. The lowest BCUT2D eigenvalue weighted by Crippen LogP contribution is -2.33. The van der Waals surface area contributed by atoms with Crippen molar-refractivity contribution in [2.75, 3.05) is 38.3 Å². The fraction of sp³-hybridized carbons (Fsp3) is 0.545. The van der Waals surface area contributed by atoms with Crippen LogP contribution in [-0.4, -0.2) is 65.6 Å². The number of likely N-dealkylation sites (tertiary alicyclic amines) is 1. The maximum atomic E-state index is 12.5. The van der Waals surface area contributed by atoms with Gasteiger partial charge in [-0.3, -0.25) is 14.4 Å². The first-order valence-corrected chi connectivity index (χ1v) is 12.7. The number of carbonyl (C=O) groups is 3. The van der Waals surface area contributed by atoms with Gasteiger partial charge < -0.3 is 18.9 Å². The normalized spacial score (nSPS) is 14.9. The zero-order chi connectivity index (χ0) is 22.9. The van der Waals surface area contributed by atoms with Gasteiger partial charge in [-0.05, 0) is 38.0 Å². The Bertz CT molecular complexity index is 1020. The predicted octanol–water partition coefficient (Wildman–Crippen LogP) is 2.84. The zero-order valence-electron chi connectivity index (χ0n) is 18.5. The molecule has 0 aliphatic carbocycles. The number of carbonyl (C=O) groups excluding carboxylic acids is 3. The largest absolute Gasteiger partial charge is 0.494 e. The smallest absolute Gasteiger partial charge is 0.325 e. The van der Waals surface area contributed by atoms with Gasteiger partial charge in [0.05, 0.1) is 35.4 Å². The molecule has 1 aliphatic heterocycles. The second kappa shape index (κ2) is 12.1. The van der Waals surface area contributed by atoms with Crippen LogP contribution in [0.15, 0.2) is 23.2 Å². The van der Waals surface area contributed by atoms with Gasteiger partial charge in [-0.1, -0.05) is 24.2 Å². The molecule has 2 aromatic rings. The number of benzene rings is 1. The fourth-order valence-electron chi connectivity index (χ4n) is 3.52. The molecular formula is C22H29N3O5S2. The Balaban J connectivity index is 1.72. The summed E-state index contributed by atoms with van der Waals surface area (Å²) >= 11 is 2.59. The molecule has 0 radical (unpaired) electrons. The number of thioether (sulfide) groups is 1. The van der Waals surface area contributed by atoms with Crippen molar-refractivity contribution in [3.63, 3.8) is 0 Å². The predicted molar refractivity (Wildman–Crippen MR) is 126 cm³/mol. The molecule has 174 valence electrons. The molecule has 10 heteroatoms. The van der Waals surface area contributed by atoms with Gasteiger partial charge in [0.25, 0.3) is 5.91 Å². The SMILES string of the molecule is CCOc1ccc2c(c1)sc(=NC(=O)CSCC(=O)N1CCCCCC1)n2CC(=O)OC. The lowest BCUT2D eigenvalue weighted by atomic mass is 10.2. The minimum absolute atomic E-state index is 0.0445. The van der Waals surface area contributed by atoms with E-state index in [-0.39, 0.29) is 29.9 Å². The van der Waals surface area contributed by atoms with Gasteiger partial charge in [-0.25, -0.2) is 0 Å². The highest BCUT2D eigenvalue weighted by Gasteiger charge is 2.16. The lowest BCUT2D eigenvalue weighted by molar-refractivity contribution is -0.141. The molecule has 32 heavy (non-hydrogen) atoms. The molecule has 1 aromatic carbocycles. The Kier molecular flexibility index (Phi) is 9.16. The number of amides is 2. The number of thiazole rings is 1. The second-order valence-electron chi connectivity index (χ2n) is 7.40. The maximum Gasteiger partial charge on any atom is 0.325 e. The van der Waals surface area contributed by atoms with E-state index in [9.17, 15) is 14.4 Å². The number of ether oxygens (including phenoxy) is 2. The van der Waals surface area contributed by atoms with Crippen LogP contribution in [0.3, 0.4) is 0 Å². The quantitative estimate of drug-likeness (QED) is 0.541. The van der Waals surface area contributed by atoms with E-state index >= 15 is 0 Å². The number of rotatable bonds is 8. The summed E-state index contributed by atoms with van der Waals surface area (Å²) < 4.78 is 12.9. The maximum absolute atomic E-state index is 12.5. The number of hydrogen-bond acceptors (Lipinski definition) is 7. The lowest BCUT2D eigenvalue weighted by Gasteiger charge is -2.19. The summed E-state index contributed by atoms with van der Waals surface area (Å²) in [5, 5.41) is 0. The Morgan fingerprint density at radius 2 is 1.88 bits per heavy atom. The van der Waals surface area contributed by atoms with E-state index in [1.165, 1.54) is 43.1 Å². The van der Waals surface area contributed by atoms with Gasteiger partial charge in [0.15, 0.2) is 4.80 Å². The van der Waals surface area contributed by atoms with Gasteiger partial charge in [0.1, 0.15) is 12.3 Å². The highest BCUT2D eigenvalue weighted by molar-refractivity contribution is 8.00. The van der Waals surface area contributed by atoms with Crippen molar-refractivity contribution in [2.24, 2.45) is 4.99 Å². The minimum atomic E-state index is -0.426. The molecule has 0 spiro atoms. The highest BCUT2D eigenvalue weighted by atomic mass is 32.2. The standard InChI is InChI=1S/C22H29N3O5S2/c1-3-30-16-8-9-17-18(12-16)32-22(25(17)13-21(28)29-2)23-19(26)14-31-15-20(27)24-10-6-4-5-7-11-24/h8-9,12H,3-7,10-11,13-15H2,1-2H3. The van der Waals surface area contributed by atoms with E-state index < -0.39 is 5.97 Å². The minimum Gasteiger partial charge on any atom is -0.494 e. The molecular weight excluding hydrogens is 450 g/mol. The van der Waals surface area contributed by atoms with Crippen LogP contribution in [0.1, 0.15) is 32.6 Å². The van der Waals surface area contributed by atoms with Crippen LogP contribution in [-0.2, 0) is 25.7 Å². The summed E-state index contributed by atoms with van der Waals surface area (Å²) in [4.78, 5) is 43.4. The molecule has 0 N–H and O–H groups in total. The molecule has 1 fully saturated rings. The Morgan fingerprint density at radius 3 is 2.56 bits per heavy atom. The Labute approximate surface area is 195 Å². The zero-order valence-corrected chi connectivity index (χ0v) is 20.1. The van der Waals surface area contributed by atoms with E-state index in [0.29, 0.717) is 17.2 Å². The number of methoxy groups -OCH3 is 1. The van der Waals surface area contributed by atoms with Crippen molar-refractivity contribution >= 4 is 51.1 Å². The molecule has 0 unspecified atom stereocenters. The first-order chi connectivity index (χ1) is 15.5. The monoisotopic (exact) mass is 479 g/mol. The van der Waals surface area contributed by atoms with Crippen LogP contribution in [0.2, 0.25) is 0 Å². The molecule has 1 aliphatic rings. The summed E-state index contributed by atoms with van der Waals surface area (Å²) in [6.07, 6.45) is 4.42. The Morgan fingerprint density at radius 1 is 1.12 bits per heavy atom. The summed E-state index contributed by atoms with van der Waals surface area (Å²) in [6, 6.07) is 5.54. The number of hydrogen-bond donors (Lipinski definition) is 0. The molecule has 3 rings (SSSR count). The number of nitrogens with zero attached hydrogens (tertiary/aromatic N) is 3. The molecule has 1 saturated heterocycles. The van der Waals surface area contributed by atoms with Crippen LogP contribution in [0.4, 0.5) is 0 Å². The van der Waals surface area contributed by atoms with Gasteiger partial charge in [0, 0.05) is 13.1 Å². The van der Waals surface area contributed by atoms with Crippen LogP contribution in [0, 0.1) is 0 Å². The van der Waals surface area contributed by atoms with Crippen molar-refractivity contribution in [1.82, 2.24) is 9.47 Å². The van der Waals surface area contributed by atoms with Crippen molar-refractivity contribution < 1.29 is 23.9 Å². The third-order valence-electron chi connectivity index (χ3n) is 5.11. The van der Waals surface area contributed by atoms with Gasteiger partial charge >= 0.3 is 5.97 Å². The van der Waals surface area contributed by atoms with Crippen molar-refractivity contribution in [1.29, 1.82) is 0 Å². The first kappa shape index (κ1) is 24.3. The van der Waals surface area contributed by atoms with E-state index in [1.807, 2.05) is 30.0 Å². The third-order valence-corrected chi connectivity index (χ3v) is 7.05. The molecule has 1 aromatic heterocycles. The van der Waals surface area contributed by atoms with Crippen molar-refractivity contribution in [3.8, 4) is 5.75 Å². The third kappa shape index (κ3) is 6.59. The van der Waals surface area contributed by atoms with Crippen LogP contribution < -0.4 is 9.54 Å². The topological polar surface area (TPSA) is 90.2 Å². The molecule has 2 heterocycles. The number of aromatic nitrogens is 1. The van der Waals surface area contributed by atoms with Crippen molar-refractivity contribution in [2.45, 2.75) is 39.2 Å². The number of esters is 1. The summed E-state index contributed by atoms with van der Waals surface area (Å²) in [7, 11) is 1.32. The molecule has 8 nitrogen and oxygen atoms in total. The summed E-state index contributed by atoms with van der Waals surface area (Å²) in [6.45, 7) is 4.01. The number of fused-ring (bicyclic) bond motifs is 1. The average Bonchev–Trinajstić information content (AvgIpc) is 2.95. The molecule has 0 bridgehead atoms. The highest BCUT2D eigenvalue weighted by Crippen LogP contribution is 2.23. The second-order valence-corrected chi connectivity index (χ2v) is 9.40. The van der Waals surface area contributed by atoms with Crippen LogP contribution >= 0.6 is 23.1 Å². The summed E-state index contributed by atoms with van der Waals surface area (Å²) in [5.41, 5.74) is 0.777. The van der Waals surface area contributed by atoms with Gasteiger partial charge in [-0.2, -0.15) is 4.99 Å². The van der Waals surface area contributed by atoms with Crippen molar-refractivity contribution in [3.05, 3.63) is 23.0 Å². The van der Waals surface area contributed by atoms with Crippen LogP contribution in [0.25, 0.3) is 10.2 Å². The van der Waals surface area contributed by atoms with Gasteiger partial charge in [0.2, 0.25) is 5.91 Å². The van der Waals surface area contributed by atoms with E-state index in [4.69, 9.17) is 9.47 Å². The molecule has 2 amide bonds. The molecule has 0 atom stereocenters. The van der Waals surface area contributed by atoms with E-state index in [1.54, 1.807) is 4.57 Å². The van der Waals surface area contributed by atoms with E-state index in [0.717, 1.165) is 36.1 Å². The summed E-state index contributed by atoms with van der Waals surface area (Å²) in [5.74, 6) is 0.408. The van der Waals surface area contributed by atoms with Gasteiger partial charge in [-0.15, -0.1) is 11.8 Å².